The Balaban J connectivity index is 1.75. The number of Topliss-reactive ketones (excluding diaryl/α,β-unsaturated/α-hetero) is 1. The second-order valence-corrected chi connectivity index (χ2v) is 4.72. The molecule has 0 saturated heterocycles. The predicted molar refractivity (Wildman–Crippen MR) is 57.9 cm³/mol. The lowest BCUT2D eigenvalue weighted by molar-refractivity contribution is -0.120. The van der Waals surface area contributed by atoms with Gasteiger partial charge in [0.15, 0.2) is 0 Å². The number of hydrogen-bond acceptors (Lipinski definition) is 1. The van der Waals surface area contributed by atoms with Crippen molar-refractivity contribution in [1.82, 2.24) is 0 Å². The van der Waals surface area contributed by atoms with Gasteiger partial charge in [-0.3, -0.25) is 4.79 Å². The Morgan fingerprint density at radius 2 is 2.29 bits per heavy atom. The van der Waals surface area contributed by atoms with Crippen LogP contribution in [-0.2, 0) is 4.79 Å². The first-order valence-corrected chi connectivity index (χ1v) is 5.53. The van der Waals surface area contributed by atoms with Crippen LogP contribution < -0.4 is 0 Å². The Morgan fingerprint density at radius 1 is 1.50 bits per heavy atom. The summed E-state index contributed by atoms with van der Waals surface area (Å²) >= 11 is 0. The molecule has 0 aromatic rings. The van der Waals surface area contributed by atoms with Crippen molar-refractivity contribution >= 4 is 5.78 Å². The third-order valence-corrected chi connectivity index (χ3v) is 3.31. The van der Waals surface area contributed by atoms with E-state index in [1.54, 1.807) is 0 Å². The van der Waals surface area contributed by atoms with E-state index >= 15 is 0 Å². The summed E-state index contributed by atoms with van der Waals surface area (Å²) in [4.78, 5) is 11.7. The summed E-state index contributed by atoms with van der Waals surface area (Å²) in [6.07, 6.45) is 9.43. The molecule has 0 amide bonds. The Hall–Kier alpha value is -0.850. The molecule has 0 aromatic carbocycles. The number of hydrogen-bond donors (Lipinski definition) is 0. The first-order valence-electron chi connectivity index (χ1n) is 5.53. The molecule has 1 nitrogen and oxygen atoms in total. The van der Waals surface area contributed by atoms with Crippen LogP contribution in [0.15, 0.2) is 23.8 Å². The molecular weight excluding hydrogens is 172 g/mol. The van der Waals surface area contributed by atoms with Crippen molar-refractivity contribution in [3.8, 4) is 0 Å². The van der Waals surface area contributed by atoms with Gasteiger partial charge < -0.3 is 0 Å². The van der Waals surface area contributed by atoms with E-state index in [0.29, 0.717) is 23.5 Å². The van der Waals surface area contributed by atoms with Gasteiger partial charge in [0, 0.05) is 12.3 Å². The van der Waals surface area contributed by atoms with Crippen LogP contribution in [0, 0.1) is 17.8 Å². The van der Waals surface area contributed by atoms with Gasteiger partial charge in [0.1, 0.15) is 5.78 Å². The van der Waals surface area contributed by atoms with Gasteiger partial charge in [-0.2, -0.15) is 0 Å². The van der Waals surface area contributed by atoms with Crippen molar-refractivity contribution in [3.05, 3.63) is 23.8 Å². The molecule has 1 saturated carbocycles. The number of allylic oxidation sites excluding steroid dienone is 4. The number of rotatable bonds is 4. The molecule has 0 radical (unpaired) electrons. The van der Waals surface area contributed by atoms with Crippen LogP contribution >= 0.6 is 0 Å². The van der Waals surface area contributed by atoms with Gasteiger partial charge in [0.05, 0.1) is 0 Å². The summed E-state index contributed by atoms with van der Waals surface area (Å²) in [6.45, 7) is 4.16. The highest BCUT2D eigenvalue weighted by Gasteiger charge is 2.53. The average molecular weight is 190 g/mol. The lowest BCUT2D eigenvalue weighted by atomic mass is 10.1. The van der Waals surface area contributed by atoms with E-state index in [0.717, 1.165) is 19.3 Å². The molecule has 3 atom stereocenters. The average Bonchev–Trinajstić information content (AvgIpc) is 2.60. The third-order valence-electron chi connectivity index (χ3n) is 3.31. The van der Waals surface area contributed by atoms with Gasteiger partial charge >= 0.3 is 0 Å². The Labute approximate surface area is 85.9 Å². The predicted octanol–water partition coefficient (Wildman–Crippen LogP) is 3.12. The Kier molecular flexibility index (Phi) is 2.58. The Bertz CT molecular complexity index is 294. The van der Waals surface area contributed by atoms with Crippen LogP contribution in [0.2, 0.25) is 0 Å². The minimum absolute atomic E-state index is 0.394. The molecule has 14 heavy (non-hydrogen) atoms. The maximum Gasteiger partial charge on any atom is 0.137 e. The van der Waals surface area contributed by atoms with Crippen molar-refractivity contribution in [1.29, 1.82) is 0 Å². The van der Waals surface area contributed by atoms with E-state index in [4.69, 9.17) is 0 Å². The van der Waals surface area contributed by atoms with Gasteiger partial charge in [-0.15, -0.1) is 0 Å². The number of carbonyl (C=O) groups excluding carboxylic acids is 1. The number of fused-ring (bicyclic) bond motifs is 1. The SMILES string of the molecule is CC(C)=CCCC(=O)[C@H]1[C@H]2C=CC[C@H]21. The lowest BCUT2D eigenvalue weighted by Gasteiger charge is -1.98. The second kappa shape index (κ2) is 3.72. The molecule has 0 aliphatic heterocycles. The largest absolute Gasteiger partial charge is 0.299 e. The van der Waals surface area contributed by atoms with E-state index in [2.05, 4.69) is 32.1 Å². The van der Waals surface area contributed by atoms with Crippen LogP contribution in [0.5, 0.6) is 0 Å². The van der Waals surface area contributed by atoms with Crippen molar-refractivity contribution < 1.29 is 4.79 Å². The van der Waals surface area contributed by atoms with Crippen LogP contribution in [0.4, 0.5) is 0 Å². The van der Waals surface area contributed by atoms with Crippen molar-refractivity contribution in [2.45, 2.75) is 33.1 Å². The number of ketones is 1. The molecule has 0 unspecified atom stereocenters. The van der Waals surface area contributed by atoms with Gasteiger partial charge in [-0.05, 0) is 38.5 Å². The summed E-state index contributed by atoms with van der Waals surface area (Å²) in [5.41, 5.74) is 1.31. The molecule has 76 valence electrons. The van der Waals surface area contributed by atoms with Crippen molar-refractivity contribution in [3.63, 3.8) is 0 Å². The molecule has 2 aliphatic rings. The van der Waals surface area contributed by atoms with Crippen LogP contribution in [0.3, 0.4) is 0 Å². The molecule has 0 heterocycles. The maximum atomic E-state index is 11.7. The van der Waals surface area contributed by atoms with Crippen molar-refractivity contribution in [2.75, 3.05) is 0 Å². The summed E-state index contributed by atoms with van der Waals surface area (Å²) < 4.78 is 0. The fourth-order valence-electron chi connectivity index (χ4n) is 2.48. The van der Waals surface area contributed by atoms with Crippen molar-refractivity contribution in [2.24, 2.45) is 17.8 Å². The zero-order chi connectivity index (χ0) is 10.1. The molecule has 2 aliphatic carbocycles. The highest BCUT2D eigenvalue weighted by molar-refractivity contribution is 5.85. The van der Waals surface area contributed by atoms with Crippen LogP contribution in [0.1, 0.15) is 33.1 Å². The smallest absolute Gasteiger partial charge is 0.137 e. The first-order chi connectivity index (χ1) is 6.70. The standard InChI is InChI=1S/C13H18O/c1-9(2)5-3-8-12(14)13-10-6-4-7-11(10)13/h4-6,10-11,13H,3,7-8H2,1-2H3/t10-,11+,13-/m0/s1. The highest BCUT2D eigenvalue weighted by Crippen LogP contribution is 2.54. The fourth-order valence-corrected chi connectivity index (χ4v) is 2.48. The zero-order valence-corrected chi connectivity index (χ0v) is 8.99. The van der Waals surface area contributed by atoms with E-state index < -0.39 is 0 Å². The highest BCUT2D eigenvalue weighted by atomic mass is 16.1. The van der Waals surface area contributed by atoms with Gasteiger partial charge in [0.2, 0.25) is 0 Å². The molecule has 2 rings (SSSR count). The molecule has 0 aromatic heterocycles. The zero-order valence-electron chi connectivity index (χ0n) is 8.99. The number of carbonyl (C=O) groups is 1. The van der Waals surface area contributed by atoms with E-state index in [-0.39, 0.29) is 0 Å². The summed E-state index contributed by atoms with van der Waals surface area (Å²) in [7, 11) is 0. The third kappa shape index (κ3) is 1.82. The summed E-state index contributed by atoms with van der Waals surface area (Å²) in [5.74, 6) is 2.19. The normalized spacial score (nSPS) is 32.6. The van der Waals surface area contributed by atoms with Gasteiger partial charge in [-0.25, -0.2) is 0 Å². The second-order valence-electron chi connectivity index (χ2n) is 4.72. The van der Waals surface area contributed by atoms with E-state index in [1.807, 2.05) is 0 Å². The van der Waals surface area contributed by atoms with E-state index in [9.17, 15) is 4.79 Å². The molecule has 1 fully saturated rings. The summed E-state index contributed by atoms with van der Waals surface area (Å²) in [5, 5.41) is 0. The van der Waals surface area contributed by atoms with E-state index in [1.165, 1.54) is 5.57 Å². The maximum absolute atomic E-state index is 11.7. The molecule has 0 spiro atoms. The Morgan fingerprint density at radius 3 is 2.86 bits per heavy atom. The van der Waals surface area contributed by atoms with Crippen LogP contribution in [-0.4, -0.2) is 5.78 Å². The minimum Gasteiger partial charge on any atom is -0.299 e. The van der Waals surface area contributed by atoms with Gasteiger partial charge in [-0.1, -0.05) is 23.8 Å². The first kappa shape index (κ1) is 9.70. The quantitative estimate of drug-likeness (QED) is 0.622. The minimum atomic E-state index is 0.394. The molecular formula is C13H18O. The lowest BCUT2D eigenvalue weighted by Crippen LogP contribution is -2.03. The molecule has 1 heteroatoms. The van der Waals surface area contributed by atoms with Gasteiger partial charge in [0.25, 0.3) is 0 Å². The molecule has 0 N–H and O–H groups in total. The topological polar surface area (TPSA) is 17.1 Å². The summed E-state index contributed by atoms with van der Waals surface area (Å²) in [6, 6.07) is 0. The van der Waals surface area contributed by atoms with Crippen LogP contribution in [0.25, 0.3) is 0 Å². The molecule has 0 bridgehead atoms. The fraction of sp³-hybridized carbons (Fsp3) is 0.615. The monoisotopic (exact) mass is 190 g/mol.